The number of carbonyl (C=O) groups is 1. The first kappa shape index (κ1) is 13.0. The van der Waals surface area contributed by atoms with Gasteiger partial charge in [-0.2, -0.15) is 5.10 Å². The lowest BCUT2D eigenvalue weighted by atomic mass is 10.2. The normalized spacial score (nSPS) is 27.7. The molecule has 0 amide bonds. The van der Waals surface area contributed by atoms with E-state index in [1.807, 2.05) is 30.3 Å². The number of hydrazone groups is 1. The molecule has 0 unspecified atom stereocenters. The van der Waals surface area contributed by atoms with Crippen LogP contribution < -0.4 is 5.43 Å². The Labute approximate surface area is 117 Å². The number of carbonyl (C=O) groups excluding carboxylic acids is 1. The second-order valence-electron chi connectivity index (χ2n) is 5.26. The van der Waals surface area contributed by atoms with E-state index < -0.39 is 11.9 Å². The molecule has 1 heterocycles. The van der Waals surface area contributed by atoms with Crippen LogP contribution in [0.15, 0.2) is 47.1 Å². The average Bonchev–Trinajstić information content (AvgIpc) is 2.87. The van der Waals surface area contributed by atoms with Gasteiger partial charge in [0.05, 0.1) is 11.9 Å². The van der Waals surface area contributed by atoms with Crippen LogP contribution >= 0.6 is 0 Å². The Bertz CT molecular complexity index is 578. The molecule has 1 aliphatic carbocycles. The minimum absolute atomic E-state index is 0.0678. The van der Waals surface area contributed by atoms with E-state index in [4.69, 9.17) is 9.47 Å². The third-order valence-electron chi connectivity index (χ3n) is 3.20. The molecule has 5 nitrogen and oxygen atoms in total. The summed E-state index contributed by atoms with van der Waals surface area (Å²) in [5.41, 5.74) is 4.52. The zero-order chi connectivity index (χ0) is 14.2. The maximum Gasteiger partial charge on any atom is 0.188 e. The van der Waals surface area contributed by atoms with Crippen molar-refractivity contribution in [2.75, 3.05) is 5.43 Å². The first-order valence-corrected chi connectivity index (χ1v) is 6.50. The SMILES string of the molecule is CC1(C)O[C@@H]2C(=O)C=C(/C=N/Nc3ccccc3)[C@@H]2O1. The summed E-state index contributed by atoms with van der Waals surface area (Å²) in [7, 11) is 0. The van der Waals surface area contributed by atoms with Gasteiger partial charge < -0.3 is 9.47 Å². The summed E-state index contributed by atoms with van der Waals surface area (Å²) in [6.07, 6.45) is 2.24. The smallest absolute Gasteiger partial charge is 0.188 e. The predicted octanol–water partition coefficient (Wildman–Crippen LogP) is 2.11. The number of benzene rings is 1. The van der Waals surface area contributed by atoms with Crippen molar-refractivity contribution >= 4 is 17.7 Å². The summed E-state index contributed by atoms with van der Waals surface area (Å²) in [5.74, 6) is -0.799. The van der Waals surface area contributed by atoms with Crippen LogP contribution in [0.5, 0.6) is 0 Å². The van der Waals surface area contributed by atoms with Crippen molar-refractivity contribution in [2.45, 2.75) is 31.8 Å². The first-order chi connectivity index (χ1) is 9.55. The van der Waals surface area contributed by atoms with Crippen molar-refractivity contribution in [3.05, 3.63) is 42.0 Å². The summed E-state index contributed by atoms with van der Waals surface area (Å²) >= 11 is 0. The van der Waals surface area contributed by atoms with E-state index >= 15 is 0 Å². The highest BCUT2D eigenvalue weighted by Crippen LogP contribution is 2.35. The summed E-state index contributed by atoms with van der Waals surface area (Å²) < 4.78 is 11.3. The number of hydrogen-bond acceptors (Lipinski definition) is 5. The standard InChI is InChI=1S/C15H16N2O3/c1-15(2)19-13-10(8-12(18)14(13)20-15)9-16-17-11-6-4-3-5-7-11/h3-9,13-14,17H,1-2H3/b16-9+/t13-,14+/m0/s1. The topological polar surface area (TPSA) is 59.9 Å². The van der Waals surface area contributed by atoms with Gasteiger partial charge in [0.1, 0.15) is 6.10 Å². The Balaban J connectivity index is 1.69. The van der Waals surface area contributed by atoms with Crippen molar-refractivity contribution in [3.63, 3.8) is 0 Å². The Hall–Kier alpha value is -1.98. The fraction of sp³-hybridized carbons (Fsp3) is 0.333. The van der Waals surface area contributed by atoms with Crippen molar-refractivity contribution in [1.82, 2.24) is 0 Å². The van der Waals surface area contributed by atoms with Gasteiger partial charge in [-0.15, -0.1) is 0 Å². The maximum atomic E-state index is 11.8. The third-order valence-corrected chi connectivity index (χ3v) is 3.20. The highest BCUT2D eigenvalue weighted by Gasteiger charge is 2.49. The van der Waals surface area contributed by atoms with E-state index in [-0.39, 0.29) is 11.9 Å². The van der Waals surface area contributed by atoms with Crippen LogP contribution in [0.3, 0.4) is 0 Å². The molecular weight excluding hydrogens is 256 g/mol. The minimum Gasteiger partial charge on any atom is -0.339 e. The lowest BCUT2D eigenvalue weighted by molar-refractivity contribution is -0.152. The number of anilines is 1. The molecule has 0 bridgehead atoms. The van der Waals surface area contributed by atoms with Gasteiger partial charge >= 0.3 is 0 Å². The number of hydrogen-bond donors (Lipinski definition) is 1. The Kier molecular flexibility index (Phi) is 3.16. The zero-order valence-electron chi connectivity index (χ0n) is 11.4. The van der Waals surface area contributed by atoms with Crippen molar-refractivity contribution in [2.24, 2.45) is 5.10 Å². The van der Waals surface area contributed by atoms with Gasteiger partial charge in [-0.25, -0.2) is 0 Å². The van der Waals surface area contributed by atoms with E-state index in [0.29, 0.717) is 0 Å². The molecule has 1 N–H and O–H groups in total. The number of nitrogens with one attached hydrogen (secondary N) is 1. The summed E-state index contributed by atoms with van der Waals surface area (Å²) in [5, 5.41) is 4.14. The molecular formula is C15H16N2O3. The molecule has 1 saturated heterocycles. The third kappa shape index (κ3) is 2.50. The first-order valence-electron chi connectivity index (χ1n) is 6.50. The molecule has 0 radical (unpaired) electrons. The Morgan fingerprint density at radius 1 is 1.20 bits per heavy atom. The van der Waals surface area contributed by atoms with Crippen LogP contribution in [-0.2, 0) is 14.3 Å². The monoisotopic (exact) mass is 272 g/mol. The second kappa shape index (κ2) is 4.85. The zero-order valence-corrected chi connectivity index (χ0v) is 11.4. The molecule has 0 spiro atoms. The molecule has 3 rings (SSSR count). The number of rotatable bonds is 3. The van der Waals surface area contributed by atoms with Crippen molar-refractivity contribution in [1.29, 1.82) is 0 Å². The minimum atomic E-state index is -0.731. The highest BCUT2D eigenvalue weighted by atomic mass is 16.8. The molecule has 2 atom stereocenters. The van der Waals surface area contributed by atoms with Gasteiger partial charge in [-0.1, -0.05) is 18.2 Å². The quantitative estimate of drug-likeness (QED) is 0.676. The maximum absolute atomic E-state index is 11.8. The summed E-state index contributed by atoms with van der Waals surface area (Å²) in [6, 6.07) is 9.59. The fourth-order valence-electron chi connectivity index (χ4n) is 2.35. The van der Waals surface area contributed by atoms with Crippen LogP contribution in [0.4, 0.5) is 5.69 Å². The molecule has 1 aliphatic heterocycles. The van der Waals surface area contributed by atoms with Gasteiger partial charge in [0.25, 0.3) is 0 Å². The molecule has 1 fully saturated rings. The van der Waals surface area contributed by atoms with Crippen LogP contribution in [0, 0.1) is 0 Å². The lowest BCUT2D eigenvalue weighted by Gasteiger charge is -2.17. The number of para-hydroxylation sites is 1. The van der Waals surface area contributed by atoms with Crippen LogP contribution in [0.2, 0.25) is 0 Å². The van der Waals surface area contributed by atoms with Gasteiger partial charge in [0.15, 0.2) is 17.7 Å². The van der Waals surface area contributed by atoms with Crippen LogP contribution in [0.25, 0.3) is 0 Å². The van der Waals surface area contributed by atoms with Gasteiger partial charge in [-0.05, 0) is 32.1 Å². The van der Waals surface area contributed by atoms with Crippen LogP contribution in [-0.4, -0.2) is 30.0 Å². The number of nitrogens with zero attached hydrogens (tertiary/aromatic N) is 1. The fourth-order valence-corrected chi connectivity index (χ4v) is 2.35. The Morgan fingerprint density at radius 2 is 1.90 bits per heavy atom. The predicted molar refractivity (Wildman–Crippen MR) is 75.5 cm³/mol. The van der Waals surface area contributed by atoms with Gasteiger partial charge in [0.2, 0.25) is 0 Å². The highest BCUT2D eigenvalue weighted by molar-refractivity contribution is 6.05. The molecule has 2 aliphatic rings. The molecule has 0 saturated carbocycles. The van der Waals surface area contributed by atoms with E-state index in [1.54, 1.807) is 20.1 Å². The van der Waals surface area contributed by atoms with Crippen molar-refractivity contribution in [3.8, 4) is 0 Å². The molecule has 5 heteroatoms. The van der Waals surface area contributed by atoms with Crippen molar-refractivity contribution < 1.29 is 14.3 Å². The molecule has 1 aromatic carbocycles. The largest absolute Gasteiger partial charge is 0.339 e. The van der Waals surface area contributed by atoms with Gasteiger partial charge in [-0.3, -0.25) is 10.2 Å². The number of fused-ring (bicyclic) bond motifs is 1. The lowest BCUT2D eigenvalue weighted by Crippen LogP contribution is -2.25. The molecule has 20 heavy (non-hydrogen) atoms. The number of ketones is 1. The number of ether oxygens (including phenoxy) is 2. The average molecular weight is 272 g/mol. The van der Waals surface area contributed by atoms with Crippen LogP contribution in [0.1, 0.15) is 13.8 Å². The molecule has 1 aromatic rings. The van der Waals surface area contributed by atoms with E-state index in [9.17, 15) is 4.79 Å². The Morgan fingerprint density at radius 3 is 2.65 bits per heavy atom. The molecule has 104 valence electrons. The van der Waals surface area contributed by atoms with E-state index in [1.165, 1.54) is 6.08 Å². The van der Waals surface area contributed by atoms with Gasteiger partial charge in [0, 0.05) is 5.57 Å². The summed E-state index contributed by atoms with van der Waals surface area (Å²) in [4.78, 5) is 11.8. The summed E-state index contributed by atoms with van der Waals surface area (Å²) in [6.45, 7) is 3.60. The van der Waals surface area contributed by atoms with E-state index in [0.717, 1.165) is 11.3 Å². The second-order valence-corrected chi connectivity index (χ2v) is 5.26. The molecule has 0 aromatic heterocycles. The van der Waals surface area contributed by atoms with E-state index in [2.05, 4.69) is 10.5 Å².